The van der Waals surface area contributed by atoms with Crippen molar-refractivity contribution in [2.75, 3.05) is 6.61 Å². The molecule has 0 aromatic rings. The maximum absolute atomic E-state index is 7.46. The van der Waals surface area contributed by atoms with Crippen LogP contribution in [0.1, 0.15) is 67.7 Å². The van der Waals surface area contributed by atoms with Crippen LogP contribution in [0.25, 0.3) is 0 Å². The van der Waals surface area contributed by atoms with Crippen LogP contribution < -0.4 is 0 Å². The molecule has 0 aromatic heterocycles. The van der Waals surface area contributed by atoms with Crippen molar-refractivity contribution in [3.8, 4) is 0 Å². The van der Waals surface area contributed by atoms with Crippen molar-refractivity contribution in [1.82, 2.24) is 0 Å². The van der Waals surface area contributed by atoms with Gasteiger partial charge < -0.3 is 18.3 Å². The van der Waals surface area contributed by atoms with E-state index in [2.05, 4.69) is 109 Å². The van der Waals surface area contributed by atoms with Crippen molar-refractivity contribution in [1.29, 1.82) is 0 Å². The summed E-state index contributed by atoms with van der Waals surface area (Å²) < 4.78 is 30.2. The number of halogens is 1. The fourth-order valence-electron chi connectivity index (χ4n) is 6.62. The minimum absolute atomic E-state index is 0.0163. The van der Waals surface area contributed by atoms with Crippen molar-refractivity contribution in [3.05, 3.63) is 33.5 Å². The molecule has 1 saturated heterocycles. The number of hydrogen-bond acceptors (Lipinski definition) is 4. The van der Waals surface area contributed by atoms with Crippen LogP contribution in [0.2, 0.25) is 37.8 Å². The Morgan fingerprint density at radius 3 is 2.28 bits per heavy atom. The average molecular weight is 647 g/mol. The highest BCUT2D eigenvalue weighted by atomic mass is 127. The van der Waals surface area contributed by atoms with Gasteiger partial charge in [-0.1, -0.05) is 46.8 Å². The molecule has 0 saturated carbocycles. The van der Waals surface area contributed by atoms with Gasteiger partial charge in [-0.2, -0.15) is 0 Å². The molecule has 3 rings (SSSR count). The molecule has 1 fully saturated rings. The van der Waals surface area contributed by atoms with Crippen LogP contribution >= 0.6 is 22.6 Å². The Hall–Kier alpha value is 0.224. The van der Waals surface area contributed by atoms with E-state index >= 15 is 0 Å². The highest BCUT2D eigenvalue weighted by molar-refractivity contribution is 14.1. The van der Waals surface area contributed by atoms with Gasteiger partial charge in [0.25, 0.3) is 0 Å². The Labute approximate surface area is 237 Å². The summed E-state index contributed by atoms with van der Waals surface area (Å²) in [5.41, 5.74) is 1.90. The standard InChI is InChI=1S/C29H51IO4Si2/c1-12-27(7)21(5)19-24-25-23(27)20-31-29(25,34-35(9,10)11)26(33-36(13-2,14-3)15-4)28(8,32-24)18-16-17-22(6)30/h12,17,21,24,26H,1,13-16,18-20H2,2-11H3/b22-17+/t21-,24-,26+,27+,28+,29-/m1/s1. The van der Waals surface area contributed by atoms with E-state index in [1.807, 2.05) is 0 Å². The first-order valence-electron chi connectivity index (χ1n) is 14.1. The highest BCUT2D eigenvalue weighted by Crippen LogP contribution is 2.60. The Morgan fingerprint density at radius 2 is 1.78 bits per heavy atom. The lowest BCUT2D eigenvalue weighted by Crippen LogP contribution is -2.70. The van der Waals surface area contributed by atoms with Crippen molar-refractivity contribution < 1.29 is 18.3 Å². The molecule has 2 aliphatic heterocycles. The molecule has 7 heteroatoms. The van der Waals surface area contributed by atoms with E-state index in [0.717, 1.165) is 37.4 Å². The summed E-state index contributed by atoms with van der Waals surface area (Å²) in [6.45, 7) is 27.6. The average Bonchev–Trinajstić information content (AvgIpc) is 3.17. The molecule has 206 valence electrons. The van der Waals surface area contributed by atoms with Gasteiger partial charge in [-0.25, -0.2) is 0 Å². The Bertz CT molecular complexity index is 880. The molecule has 0 unspecified atom stereocenters. The quantitative estimate of drug-likeness (QED) is 0.128. The van der Waals surface area contributed by atoms with E-state index in [1.165, 1.54) is 14.7 Å². The molecule has 1 aliphatic carbocycles. The second-order valence-electron chi connectivity index (χ2n) is 12.7. The van der Waals surface area contributed by atoms with Gasteiger partial charge in [-0.05, 0) is 109 Å². The fraction of sp³-hybridized carbons (Fsp3) is 0.793. The normalized spacial score (nSPS) is 37.3. The minimum Gasteiger partial charge on any atom is -0.405 e. The molecule has 0 bridgehead atoms. The van der Waals surface area contributed by atoms with Crippen molar-refractivity contribution in [3.63, 3.8) is 0 Å². The van der Waals surface area contributed by atoms with Gasteiger partial charge in [-0.15, -0.1) is 6.58 Å². The van der Waals surface area contributed by atoms with E-state index in [9.17, 15) is 0 Å². The summed E-state index contributed by atoms with van der Waals surface area (Å²) in [7, 11) is -4.05. The van der Waals surface area contributed by atoms with Crippen LogP contribution in [-0.2, 0) is 18.3 Å². The van der Waals surface area contributed by atoms with Gasteiger partial charge in [0.2, 0.25) is 5.79 Å². The van der Waals surface area contributed by atoms with Gasteiger partial charge in [0.1, 0.15) is 6.10 Å². The fourth-order valence-corrected chi connectivity index (χ4v) is 11.0. The molecule has 0 amide bonds. The molecular weight excluding hydrogens is 595 g/mol. The number of allylic oxidation sites excluding steroid dienone is 3. The first kappa shape index (κ1) is 30.8. The van der Waals surface area contributed by atoms with Gasteiger partial charge in [0.15, 0.2) is 16.6 Å². The summed E-state index contributed by atoms with van der Waals surface area (Å²) in [6.07, 6.45) is 6.91. The Kier molecular flexibility index (Phi) is 9.40. The first-order chi connectivity index (χ1) is 16.7. The third kappa shape index (κ3) is 5.45. The molecule has 0 N–H and O–H groups in total. The van der Waals surface area contributed by atoms with Crippen molar-refractivity contribution in [2.45, 2.75) is 129 Å². The van der Waals surface area contributed by atoms with Gasteiger partial charge >= 0.3 is 0 Å². The Morgan fingerprint density at radius 1 is 1.17 bits per heavy atom. The summed E-state index contributed by atoms with van der Waals surface area (Å²) in [6, 6.07) is 3.25. The first-order valence-corrected chi connectivity index (χ1v) is 21.1. The molecule has 4 nitrogen and oxygen atoms in total. The summed E-state index contributed by atoms with van der Waals surface area (Å²) >= 11 is 2.40. The van der Waals surface area contributed by atoms with Crippen LogP contribution in [0.15, 0.2) is 33.5 Å². The number of rotatable bonds is 11. The zero-order valence-electron chi connectivity index (χ0n) is 24.6. The van der Waals surface area contributed by atoms with Crippen LogP contribution in [0.3, 0.4) is 0 Å². The van der Waals surface area contributed by atoms with E-state index < -0.39 is 28.0 Å². The molecule has 36 heavy (non-hydrogen) atoms. The molecular formula is C29H51IO4Si2. The molecule has 3 aliphatic rings. The van der Waals surface area contributed by atoms with Gasteiger partial charge in [-0.3, -0.25) is 0 Å². The summed E-state index contributed by atoms with van der Waals surface area (Å²) in [5, 5.41) is 0. The largest absolute Gasteiger partial charge is 0.405 e. The van der Waals surface area contributed by atoms with Gasteiger partial charge in [0.05, 0.1) is 18.3 Å². The molecule has 2 heterocycles. The van der Waals surface area contributed by atoms with E-state index in [0.29, 0.717) is 12.5 Å². The van der Waals surface area contributed by atoms with E-state index in [4.69, 9.17) is 18.3 Å². The second-order valence-corrected chi connectivity index (χ2v) is 23.5. The van der Waals surface area contributed by atoms with E-state index in [1.54, 1.807) is 0 Å². The molecule has 0 aromatic carbocycles. The SMILES string of the molecule is C=C[C@]1(C)C2=C3[C@@H](C[C@H]1C)O[C@@](C)(CC/C=C(\C)I)[C@H](O[Si](CC)(CC)CC)[C@@]3(O[Si](C)(C)C)OC2. The van der Waals surface area contributed by atoms with Crippen LogP contribution in [0, 0.1) is 11.3 Å². The topological polar surface area (TPSA) is 36.9 Å². The van der Waals surface area contributed by atoms with Crippen LogP contribution in [0.4, 0.5) is 0 Å². The highest BCUT2D eigenvalue weighted by Gasteiger charge is 2.68. The summed E-state index contributed by atoms with van der Waals surface area (Å²) in [4.78, 5) is 0. The van der Waals surface area contributed by atoms with Crippen molar-refractivity contribution >= 4 is 39.2 Å². The van der Waals surface area contributed by atoms with Crippen molar-refractivity contribution in [2.24, 2.45) is 11.3 Å². The molecule has 6 atom stereocenters. The maximum atomic E-state index is 7.46. The zero-order chi connectivity index (χ0) is 27.2. The lowest BCUT2D eigenvalue weighted by Gasteiger charge is -2.59. The predicted octanol–water partition coefficient (Wildman–Crippen LogP) is 8.76. The second kappa shape index (κ2) is 11.0. The third-order valence-corrected chi connectivity index (χ3v) is 15.2. The Balaban J connectivity index is 2.27. The van der Waals surface area contributed by atoms with Crippen LogP contribution in [-0.4, -0.2) is 46.8 Å². The van der Waals surface area contributed by atoms with E-state index in [-0.39, 0.29) is 17.6 Å². The summed E-state index contributed by atoms with van der Waals surface area (Å²) in [5.74, 6) is -0.471. The smallest absolute Gasteiger partial charge is 0.213 e. The molecule has 0 spiro atoms. The minimum atomic E-state index is -2.04. The number of ether oxygens (including phenoxy) is 2. The third-order valence-electron chi connectivity index (χ3n) is 9.26. The predicted molar refractivity (Wildman–Crippen MR) is 165 cm³/mol. The lowest BCUT2D eigenvalue weighted by molar-refractivity contribution is -0.292. The molecule has 0 radical (unpaired) electrons. The van der Waals surface area contributed by atoms with Crippen LogP contribution in [0.5, 0.6) is 0 Å². The lowest BCUT2D eigenvalue weighted by atomic mass is 9.62. The maximum Gasteiger partial charge on any atom is 0.213 e. The zero-order valence-corrected chi connectivity index (χ0v) is 28.7. The monoisotopic (exact) mass is 646 g/mol. The number of hydrogen-bond donors (Lipinski definition) is 0. The van der Waals surface area contributed by atoms with Gasteiger partial charge in [0, 0.05) is 11.0 Å².